The Labute approximate surface area is 175 Å². The van der Waals surface area contributed by atoms with Gasteiger partial charge in [-0.3, -0.25) is 0 Å². The van der Waals surface area contributed by atoms with Crippen LogP contribution in [-0.4, -0.2) is 12.1 Å². The zero-order chi connectivity index (χ0) is 20.7. The second-order valence-electron chi connectivity index (χ2n) is 8.14. The van der Waals surface area contributed by atoms with Crippen LogP contribution in [0.15, 0.2) is 84.9 Å². The first-order valence-corrected chi connectivity index (χ1v) is 10.3. The van der Waals surface area contributed by atoms with Crippen molar-refractivity contribution in [1.29, 1.82) is 0 Å². The molecule has 2 nitrogen and oxygen atoms in total. The molecule has 3 aromatic carbocycles. The minimum atomic E-state index is -0.347. The second kappa shape index (κ2) is 9.58. The van der Waals surface area contributed by atoms with Gasteiger partial charge in [-0.2, -0.15) is 0 Å². The Morgan fingerprint density at radius 1 is 0.759 bits per heavy atom. The molecule has 2 heteroatoms. The molecule has 0 amide bonds. The molecule has 3 aromatic rings. The van der Waals surface area contributed by atoms with E-state index in [4.69, 9.17) is 10.5 Å². The maximum absolute atomic E-state index is 6.04. The van der Waals surface area contributed by atoms with Gasteiger partial charge in [0, 0.05) is 5.54 Å². The minimum absolute atomic E-state index is 0.347. The van der Waals surface area contributed by atoms with E-state index in [0.29, 0.717) is 6.61 Å². The van der Waals surface area contributed by atoms with Crippen molar-refractivity contribution in [2.75, 3.05) is 6.61 Å². The van der Waals surface area contributed by atoms with Gasteiger partial charge in [-0.05, 0) is 66.7 Å². The van der Waals surface area contributed by atoms with Crippen molar-refractivity contribution in [3.63, 3.8) is 0 Å². The quantitative estimate of drug-likeness (QED) is 0.458. The van der Waals surface area contributed by atoms with Crippen LogP contribution < -0.4 is 10.5 Å². The molecule has 0 atom stereocenters. The summed E-state index contributed by atoms with van der Waals surface area (Å²) in [4.78, 5) is 0. The number of allylic oxidation sites excluding steroid dienone is 2. The predicted octanol–water partition coefficient (Wildman–Crippen LogP) is 6.37. The van der Waals surface area contributed by atoms with Crippen LogP contribution in [0.2, 0.25) is 0 Å². The van der Waals surface area contributed by atoms with Crippen molar-refractivity contribution < 1.29 is 4.74 Å². The summed E-state index contributed by atoms with van der Waals surface area (Å²) in [5.41, 5.74) is 12.3. The van der Waals surface area contributed by atoms with Crippen LogP contribution >= 0.6 is 0 Å². The van der Waals surface area contributed by atoms with E-state index >= 15 is 0 Å². The van der Waals surface area contributed by atoms with E-state index in [-0.39, 0.29) is 5.54 Å². The van der Waals surface area contributed by atoms with Crippen LogP contribution in [0.4, 0.5) is 0 Å². The zero-order valence-corrected chi connectivity index (χ0v) is 17.7. The molecule has 0 saturated carbocycles. The Morgan fingerprint density at radius 3 is 1.86 bits per heavy atom. The zero-order valence-electron chi connectivity index (χ0n) is 17.7. The largest absolute Gasteiger partial charge is 0.492 e. The lowest BCUT2D eigenvalue weighted by Gasteiger charge is -2.20. The van der Waals surface area contributed by atoms with Crippen LogP contribution in [0.1, 0.15) is 43.9 Å². The summed E-state index contributed by atoms with van der Waals surface area (Å²) in [6, 6.07) is 29.8. The van der Waals surface area contributed by atoms with Gasteiger partial charge in [0.2, 0.25) is 0 Å². The van der Waals surface area contributed by atoms with E-state index in [9.17, 15) is 0 Å². The molecule has 0 spiro atoms. The highest BCUT2D eigenvalue weighted by atomic mass is 16.5. The minimum Gasteiger partial charge on any atom is -0.492 e. The molecule has 2 N–H and O–H groups in total. The maximum Gasteiger partial charge on any atom is 0.119 e. The van der Waals surface area contributed by atoms with Gasteiger partial charge in [0.05, 0.1) is 0 Å². The summed E-state index contributed by atoms with van der Waals surface area (Å²) in [6.07, 6.45) is 1.88. The van der Waals surface area contributed by atoms with Crippen molar-refractivity contribution in [3.05, 3.63) is 102 Å². The lowest BCUT2D eigenvalue weighted by atomic mass is 9.89. The Bertz CT molecular complexity index is 920. The third-order valence-electron chi connectivity index (χ3n) is 4.88. The van der Waals surface area contributed by atoms with Gasteiger partial charge in [-0.1, -0.05) is 79.7 Å². The van der Waals surface area contributed by atoms with Crippen molar-refractivity contribution in [2.45, 2.75) is 39.2 Å². The van der Waals surface area contributed by atoms with Gasteiger partial charge in [0.15, 0.2) is 0 Å². The molecule has 0 aliphatic carbocycles. The number of ether oxygens (including phenoxy) is 1. The lowest BCUT2D eigenvalue weighted by Crippen LogP contribution is -2.38. The van der Waals surface area contributed by atoms with Gasteiger partial charge in [0.1, 0.15) is 12.4 Å². The van der Waals surface area contributed by atoms with E-state index in [1.54, 1.807) is 0 Å². The molecule has 150 valence electrons. The molecule has 0 saturated heterocycles. The lowest BCUT2D eigenvalue weighted by molar-refractivity contribution is 0.243. The number of hydrogen-bond acceptors (Lipinski definition) is 2. The molecular formula is C27H31NO. The average Bonchev–Trinajstić information content (AvgIpc) is 2.73. The Morgan fingerprint density at radius 2 is 1.31 bits per heavy atom. The summed E-state index contributed by atoms with van der Waals surface area (Å²) in [6.45, 7) is 6.66. The molecule has 0 unspecified atom stereocenters. The molecule has 0 bridgehead atoms. The van der Waals surface area contributed by atoms with E-state index in [2.05, 4.69) is 79.7 Å². The first kappa shape index (κ1) is 20.9. The van der Waals surface area contributed by atoms with Gasteiger partial charge >= 0.3 is 0 Å². The van der Waals surface area contributed by atoms with Gasteiger partial charge in [0.25, 0.3) is 0 Å². The number of nitrogens with two attached hydrogens (primary N) is 1. The number of rotatable bonds is 8. The molecule has 29 heavy (non-hydrogen) atoms. The highest BCUT2D eigenvalue weighted by Gasteiger charge is 2.13. The van der Waals surface area contributed by atoms with E-state index in [1.165, 1.54) is 27.8 Å². The highest BCUT2D eigenvalue weighted by Crippen LogP contribution is 2.32. The van der Waals surface area contributed by atoms with E-state index in [0.717, 1.165) is 18.6 Å². The van der Waals surface area contributed by atoms with Crippen LogP contribution in [0.25, 0.3) is 11.1 Å². The van der Waals surface area contributed by atoms with Crippen LogP contribution in [0, 0.1) is 0 Å². The highest BCUT2D eigenvalue weighted by molar-refractivity contribution is 5.91. The molecule has 0 aliphatic heterocycles. The Balaban J connectivity index is 1.98. The summed E-state index contributed by atoms with van der Waals surface area (Å²) in [7, 11) is 0. The predicted molar refractivity (Wildman–Crippen MR) is 124 cm³/mol. The van der Waals surface area contributed by atoms with Gasteiger partial charge in [-0.15, -0.1) is 0 Å². The monoisotopic (exact) mass is 385 g/mol. The van der Waals surface area contributed by atoms with E-state index < -0.39 is 0 Å². The normalized spacial score (nSPS) is 12.4. The SMILES string of the molecule is CCC(=C(Cc1ccccc1)c1ccc(OCC(C)(C)N)cc1)c1ccccc1. The van der Waals surface area contributed by atoms with Crippen LogP contribution in [0.5, 0.6) is 5.75 Å². The topological polar surface area (TPSA) is 35.2 Å². The molecule has 0 aromatic heterocycles. The number of hydrogen-bond donors (Lipinski definition) is 1. The molecule has 0 fully saturated rings. The summed E-state index contributed by atoms with van der Waals surface area (Å²) >= 11 is 0. The Kier molecular flexibility index (Phi) is 6.90. The number of benzene rings is 3. The third kappa shape index (κ3) is 6.07. The molecular weight excluding hydrogens is 354 g/mol. The van der Waals surface area contributed by atoms with Crippen LogP contribution in [0.3, 0.4) is 0 Å². The fourth-order valence-corrected chi connectivity index (χ4v) is 3.44. The summed E-state index contributed by atoms with van der Waals surface area (Å²) in [5.74, 6) is 0.851. The molecule has 0 heterocycles. The average molecular weight is 386 g/mol. The first-order valence-electron chi connectivity index (χ1n) is 10.3. The molecule has 0 aliphatic rings. The fourth-order valence-electron chi connectivity index (χ4n) is 3.44. The standard InChI is InChI=1S/C27H31NO/c1-4-25(22-13-9-6-10-14-22)26(19-21-11-7-5-8-12-21)23-15-17-24(18-16-23)29-20-27(2,3)28/h5-18H,4,19-20,28H2,1-3H3. The maximum atomic E-state index is 6.04. The first-order chi connectivity index (χ1) is 14.0. The van der Waals surface area contributed by atoms with Gasteiger partial charge < -0.3 is 10.5 Å². The van der Waals surface area contributed by atoms with E-state index in [1.807, 2.05) is 26.0 Å². The van der Waals surface area contributed by atoms with Crippen molar-refractivity contribution in [1.82, 2.24) is 0 Å². The smallest absolute Gasteiger partial charge is 0.119 e. The fraction of sp³-hybridized carbons (Fsp3) is 0.259. The Hall–Kier alpha value is -2.84. The van der Waals surface area contributed by atoms with Crippen molar-refractivity contribution in [3.8, 4) is 5.75 Å². The van der Waals surface area contributed by atoms with Crippen molar-refractivity contribution in [2.24, 2.45) is 5.73 Å². The van der Waals surface area contributed by atoms with Gasteiger partial charge in [-0.25, -0.2) is 0 Å². The molecule has 3 rings (SSSR count). The summed E-state index contributed by atoms with van der Waals surface area (Å²) < 4.78 is 5.85. The third-order valence-corrected chi connectivity index (χ3v) is 4.88. The summed E-state index contributed by atoms with van der Waals surface area (Å²) in [5, 5.41) is 0. The molecule has 0 radical (unpaired) electrons. The van der Waals surface area contributed by atoms with Crippen molar-refractivity contribution >= 4 is 11.1 Å². The second-order valence-corrected chi connectivity index (χ2v) is 8.14. The van der Waals surface area contributed by atoms with Crippen LogP contribution in [-0.2, 0) is 6.42 Å².